The van der Waals surface area contributed by atoms with Crippen molar-refractivity contribution in [1.82, 2.24) is 29.6 Å². The van der Waals surface area contributed by atoms with Crippen molar-refractivity contribution in [2.75, 3.05) is 33.8 Å². The van der Waals surface area contributed by atoms with Crippen LogP contribution in [-0.2, 0) is 58.3 Å². The van der Waals surface area contributed by atoms with Crippen molar-refractivity contribution < 1.29 is 42.2 Å². The van der Waals surface area contributed by atoms with Gasteiger partial charge in [0.25, 0.3) is 0 Å². The third-order valence-corrected chi connectivity index (χ3v) is 13.3. The van der Waals surface area contributed by atoms with E-state index in [2.05, 4.69) is 10.3 Å². The van der Waals surface area contributed by atoms with Gasteiger partial charge in [0.05, 0.1) is 60.6 Å². The van der Waals surface area contributed by atoms with Crippen LogP contribution in [0.4, 0.5) is 13.2 Å². The fraction of sp³-hybridized carbons (Fsp3) is 0.392. The zero-order valence-electron chi connectivity index (χ0n) is 38.4. The minimum atomic E-state index is -4.58. The fourth-order valence-corrected chi connectivity index (χ4v) is 9.37. The summed E-state index contributed by atoms with van der Waals surface area (Å²) in [6.07, 6.45) is -2.44. The Bertz CT molecular complexity index is 2610. The number of fused-ring (bicyclic) bond motifs is 2. The lowest BCUT2D eigenvalue weighted by Gasteiger charge is -2.45. The lowest BCUT2D eigenvalue weighted by atomic mass is 9.81. The maximum absolute atomic E-state index is 14.9. The number of ketones is 1. The second-order valence-electron chi connectivity index (χ2n) is 18.2. The molecular formula is C51H55Cl2F3N6O6. The van der Waals surface area contributed by atoms with E-state index < -0.39 is 78.1 Å². The maximum Gasteiger partial charge on any atom is 0.416 e. The van der Waals surface area contributed by atoms with Crippen molar-refractivity contribution >= 4 is 46.7 Å². The highest BCUT2D eigenvalue weighted by Gasteiger charge is 2.43. The number of aromatic nitrogens is 2. The maximum atomic E-state index is 14.9. The standard InChI is InChI=1S/C51H55Cl2F3N6O6/c1-32-44(64)23-38(30-63)48(66)58-50(26-34-8-15-40(52)16-9-34)20-5-21-61(31-50)49(67)37(22-33-6-13-39(14-7-33)51(54,55)56)24-47(65)62(32)28-36-10-17-41(53)25-45(36)68-42-18-11-35(12-19-42)43-27-57-46(60(43)4)29-59(2)3/h6-19,25,27,32,37-38,63H,5,20-24,26,28-31H2,1-4H3,(H,58,66)/t32-,37+,38-,50+/m0/s1. The van der Waals surface area contributed by atoms with E-state index >= 15 is 0 Å². The van der Waals surface area contributed by atoms with Crippen LogP contribution >= 0.6 is 23.2 Å². The van der Waals surface area contributed by atoms with Crippen molar-refractivity contribution in [2.24, 2.45) is 18.9 Å². The van der Waals surface area contributed by atoms with Crippen molar-refractivity contribution in [3.05, 3.63) is 135 Å². The molecule has 2 N–H and O–H groups in total. The lowest BCUT2D eigenvalue weighted by Crippen LogP contribution is -2.63. The van der Waals surface area contributed by atoms with Gasteiger partial charge >= 0.3 is 6.18 Å². The van der Waals surface area contributed by atoms with E-state index in [-0.39, 0.29) is 25.9 Å². The first kappa shape index (κ1) is 50.1. The van der Waals surface area contributed by atoms with Gasteiger partial charge in [-0.15, -0.1) is 0 Å². The molecule has 2 bridgehead atoms. The smallest absolute Gasteiger partial charge is 0.416 e. The number of nitrogens with zero attached hydrogens (tertiary/aromatic N) is 5. The normalized spacial score (nSPS) is 21.0. The topological polar surface area (TPSA) is 137 Å². The fourth-order valence-electron chi connectivity index (χ4n) is 9.09. The molecule has 3 amide bonds. The molecule has 5 aromatic rings. The molecule has 68 heavy (non-hydrogen) atoms. The number of alkyl halides is 3. The van der Waals surface area contributed by atoms with Crippen LogP contribution in [0, 0.1) is 11.8 Å². The van der Waals surface area contributed by atoms with Gasteiger partial charge in [0.2, 0.25) is 17.7 Å². The van der Waals surface area contributed by atoms with Gasteiger partial charge < -0.3 is 34.4 Å². The molecule has 0 radical (unpaired) electrons. The number of aliphatic hydroxyl groups excluding tert-OH is 1. The zero-order chi connectivity index (χ0) is 48.9. The third kappa shape index (κ3) is 12.1. The highest BCUT2D eigenvalue weighted by Crippen LogP contribution is 2.35. The van der Waals surface area contributed by atoms with E-state index in [1.165, 1.54) is 24.0 Å². The molecule has 17 heteroatoms. The summed E-state index contributed by atoms with van der Waals surface area (Å²) in [5.41, 5.74) is 1.62. The zero-order valence-corrected chi connectivity index (χ0v) is 39.9. The summed E-state index contributed by atoms with van der Waals surface area (Å²) in [6.45, 7) is 1.68. The molecule has 4 atom stereocenters. The molecule has 2 saturated heterocycles. The first-order valence-electron chi connectivity index (χ1n) is 22.5. The Morgan fingerprint density at radius 3 is 2.24 bits per heavy atom. The number of carbonyl (C=O) groups is 4. The monoisotopic (exact) mass is 974 g/mol. The van der Waals surface area contributed by atoms with E-state index in [4.69, 9.17) is 27.9 Å². The number of Topliss-reactive ketones (excluding diaryl/α,β-unsaturated/α-hetero) is 1. The first-order chi connectivity index (χ1) is 32.3. The Labute approximate surface area is 404 Å². The summed E-state index contributed by atoms with van der Waals surface area (Å²) >= 11 is 12.7. The number of benzene rings is 4. The van der Waals surface area contributed by atoms with Gasteiger partial charge in [-0.1, -0.05) is 53.5 Å². The average molecular weight is 976 g/mol. The van der Waals surface area contributed by atoms with Gasteiger partial charge in [-0.25, -0.2) is 4.98 Å². The second-order valence-corrected chi connectivity index (χ2v) is 19.1. The van der Waals surface area contributed by atoms with Crippen LogP contribution < -0.4 is 10.1 Å². The molecule has 2 fully saturated rings. The van der Waals surface area contributed by atoms with Gasteiger partial charge in [0, 0.05) is 54.2 Å². The summed E-state index contributed by atoms with van der Waals surface area (Å²) < 4.78 is 49.3. The van der Waals surface area contributed by atoms with Crippen LogP contribution in [-0.4, -0.2) is 98.2 Å². The SMILES string of the molecule is C[C@H]1C(=O)C[C@@H](CO)C(=O)N[C@@]2(Cc3ccc(Cl)cc3)CCCN(C2)C(=O)[C@H](Cc2ccc(C(F)(F)F)cc2)CC(=O)N1Cc1ccc(Cl)cc1Oc1ccc(-c2cnc(CN(C)C)n2C)cc1. The molecule has 2 aliphatic rings. The number of piperidine rings is 1. The Hall–Kier alpha value is -5.74. The first-order valence-corrected chi connectivity index (χ1v) is 23.2. The summed E-state index contributed by atoms with van der Waals surface area (Å²) in [7, 11) is 5.89. The third-order valence-electron chi connectivity index (χ3n) is 12.8. The molecule has 3 heterocycles. The van der Waals surface area contributed by atoms with E-state index in [1.807, 2.05) is 61.1 Å². The number of rotatable bonds is 12. The molecule has 0 unspecified atom stereocenters. The summed E-state index contributed by atoms with van der Waals surface area (Å²) in [5.74, 6) is -2.70. The number of hydrogen-bond donors (Lipinski definition) is 2. The van der Waals surface area contributed by atoms with Crippen molar-refractivity contribution in [1.29, 1.82) is 0 Å². The molecule has 1 aromatic heterocycles. The van der Waals surface area contributed by atoms with Gasteiger partial charge in [-0.2, -0.15) is 13.2 Å². The van der Waals surface area contributed by atoms with E-state index in [9.17, 15) is 37.5 Å². The van der Waals surface area contributed by atoms with E-state index in [1.54, 1.807) is 47.4 Å². The van der Waals surface area contributed by atoms with Gasteiger partial charge in [-0.05, 0) is 118 Å². The van der Waals surface area contributed by atoms with Crippen LogP contribution in [0.15, 0.2) is 97.2 Å². The number of nitrogens with one attached hydrogen (secondary N) is 1. The highest BCUT2D eigenvalue weighted by atomic mass is 35.5. The number of carbonyl (C=O) groups excluding carboxylic acids is 4. The molecule has 12 nitrogen and oxygen atoms in total. The molecule has 4 aromatic carbocycles. The molecule has 7 rings (SSSR count). The van der Waals surface area contributed by atoms with Crippen LogP contribution in [0.5, 0.6) is 11.5 Å². The minimum absolute atomic E-state index is 0.0378. The van der Waals surface area contributed by atoms with E-state index in [0.29, 0.717) is 58.6 Å². The van der Waals surface area contributed by atoms with E-state index in [0.717, 1.165) is 34.8 Å². The molecule has 0 saturated carbocycles. The predicted molar refractivity (Wildman–Crippen MR) is 253 cm³/mol. The largest absolute Gasteiger partial charge is 0.457 e. The van der Waals surface area contributed by atoms with Crippen LogP contribution in [0.25, 0.3) is 11.3 Å². The molecule has 0 spiro atoms. The predicted octanol–water partition coefficient (Wildman–Crippen LogP) is 8.53. The van der Waals surface area contributed by atoms with Crippen molar-refractivity contribution in [3.8, 4) is 22.8 Å². The van der Waals surface area contributed by atoms with Gasteiger partial charge in [-0.3, -0.25) is 19.2 Å². The average Bonchev–Trinajstić information content (AvgIpc) is 3.65. The number of halogens is 5. The minimum Gasteiger partial charge on any atom is -0.457 e. The number of imidazole rings is 1. The Morgan fingerprint density at radius 2 is 1.57 bits per heavy atom. The van der Waals surface area contributed by atoms with Crippen molar-refractivity contribution in [3.63, 3.8) is 0 Å². The van der Waals surface area contributed by atoms with Crippen LogP contribution in [0.1, 0.15) is 60.7 Å². The Kier molecular flexibility index (Phi) is 15.7. The lowest BCUT2D eigenvalue weighted by molar-refractivity contribution is -0.147. The molecule has 2 aliphatic heterocycles. The molecule has 0 aliphatic carbocycles. The Morgan fingerprint density at radius 1 is 0.897 bits per heavy atom. The Balaban J connectivity index is 1.22. The number of hydrogen-bond acceptors (Lipinski definition) is 8. The summed E-state index contributed by atoms with van der Waals surface area (Å²) in [6, 6.07) is 22.7. The van der Waals surface area contributed by atoms with Crippen LogP contribution in [0.3, 0.4) is 0 Å². The van der Waals surface area contributed by atoms with Gasteiger partial charge in [0.1, 0.15) is 17.3 Å². The summed E-state index contributed by atoms with van der Waals surface area (Å²) in [4.78, 5) is 67.9. The van der Waals surface area contributed by atoms with Gasteiger partial charge in [0.15, 0.2) is 5.78 Å². The number of aliphatic hydroxyl groups is 1. The number of amides is 3. The summed E-state index contributed by atoms with van der Waals surface area (Å²) in [5, 5.41) is 14.6. The number of ether oxygens (including phenoxy) is 1. The highest BCUT2D eigenvalue weighted by molar-refractivity contribution is 6.31. The molecule has 360 valence electrons. The van der Waals surface area contributed by atoms with Crippen molar-refractivity contribution in [2.45, 2.75) is 76.3 Å². The second kappa shape index (κ2) is 21.3. The van der Waals surface area contributed by atoms with Crippen LogP contribution in [0.2, 0.25) is 10.0 Å². The quantitative estimate of drug-likeness (QED) is 0.127. The molecular weight excluding hydrogens is 920 g/mol.